The van der Waals surface area contributed by atoms with Crippen molar-refractivity contribution in [3.63, 3.8) is 0 Å². The molecule has 4 N–H and O–H groups in total. The predicted octanol–water partition coefficient (Wildman–Crippen LogP) is 7.07. The fourth-order valence-corrected chi connectivity index (χ4v) is 4.07. The van der Waals surface area contributed by atoms with Crippen LogP contribution in [-0.2, 0) is 0 Å². The number of rotatable bonds is 15. The van der Waals surface area contributed by atoms with Gasteiger partial charge in [-0.15, -0.1) is 0 Å². The molecule has 0 unspecified atom stereocenters. The number of nitrogens with one attached hydrogen (secondary N) is 4. The summed E-state index contributed by atoms with van der Waals surface area (Å²) in [5.74, 6) is 1.14. The lowest BCUT2D eigenvalue weighted by Crippen LogP contribution is -2.29. The van der Waals surface area contributed by atoms with Gasteiger partial charge in [0.25, 0.3) is 0 Å². The van der Waals surface area contributed by atoms with Gasteiger partial charge in [-0.1, -0.05) is 61.7 Å². The molecule has 2 aromatic rings. The van der Waals surface area contributed by atoms with Gasteiger partial charge >= 0.3 is 12.1 Å². The summed E-state index contributed by atoms with van der Waals surface area (Å²) in [4.78, 5) is 23.9. The predicted molar refractivity (Wildman–Crippen MR) is 147 cm³/mol. The van der Waals surface area contributed by atoms with Gasteiger partial charge in [-0.2, -0.15) is 0 Å². The Kier molecular flexibility index (Phi) is 13.7. The molecule has 2 rings (SSSR count). The number of methoxy groups -OCH3 is 2. The second kappa shape index (κ2) is 16.8. The molecule has 2 aromatic carbocycles. The first kappa shape index (κ1) is 29.4. The zero-order valence-electron chi connectivity index (χ0n) is 20.9. The van der Waals surface area contributed by atoms with E-state index in [-0.39, 0.29) is 12.1 Å². The highest BCUT2D eigenvalue weighted by molar-refractivity contribution is 6.32. The highest BCUT2D eigenvalue weighted by Crippen LogP contribution is 2.28. The molecule has 0 aliphatic rings. The average molecular weight is 540 g/mol. The highest BCUT2D eigenvalue weighted by Gasteiger charge is 2.06. The molecule has 0 atom stereocenters. The lowest BCUT2D eigenvalue weighted by molar-refractivity contribution is 0.251. The van der Waals surface area contributed by atoms with E-state index in [1.54, 1.807) is 50.6 Å². The van der Waals surface area contributed by atoms with Crippen molar-refractivity contribution in [3.05, 3.63) is 46.4 Å². The Morgan fingerprint density at radius 2 is 1.00 bits per heavy atom. The van der Waals surface area contributed by atoms with Crippen molar-refractivity contribution in [1.82, 2.24) is 10.6 Å². The summed E-state index contributed by atoms with van der Waals surface area (Å²) in [6, 6.07) is 9.74. The van der Waals surface area contributed by atoms with E-state index in [0.29, 0.717) is 46.0 Å². The van der Waals surface area contributed by atoms with Crippen LogP contribution in [0.3, 0.4) is 0 Å². The van der Waals surface area contributed by atoms with E-state index in [9.17, 15) is 9.59 Å². The Morgan fingerprint density at radius 3 is 1.33 bits per heavy atom. The number of halogens is 2. The van der Waals surface area contributed by atoms with Crippen molar-refractivity contribution in [3.8, 4) is 11.5 Å². The van der Waals surface area contributed by atoms with Gasteiger partial charge in [-0.25, -0.2) is 9.59 Å². The van der Waals surface area contributed by atoms with Crippen LogP contribution in [-0.4, -0.2) is 39.4 Å². The standard InChI is InChI=1S/C26H36Cl2N4O4/c1-35-23-13-11-19(17-21(23)27)31-25(33)29-15-9-7-5-3-4-6-8-10-16-30-26(34)32-20-12-14-24(36-2)22(28)18-20/h11-14,17-18H,3-10,15-16H2,1-2H3,(H2,29,31,33)(H2,30,32,34). The van der Waals surface area contributed by atoms with Gasteiger partial charge in [0.05, 0.1) is 24.3 Å². The fraction of sp³-hybridized carbons (Fsp3) is 0.462. The quantitative estimate of drug-likeness (QED) is 0.182. The van der Waals surface area contributed by atoms with Gasteiger partial charge in [0, 0.05) is 24.5 Å². The summed E-state index contributed by atoms with van der Waals surface area (Å²) < 4.78 is 10.2. The molecule has 198 valence electrons. The van der Waals surface area contributed by atoms with Gasteiger partial charge in [0.1, 0.15) is 11.5 Å². The highest BCUT2D eigenvalue weighted by atomic mass is 35.5. The van der Waals surface area contributed by atoms with Crippen molar-refractivity contribution < 1.29 is 19.1 Å². The lowest BCUT2D eigenvalue weighted by atomic mass is 10.1. The number of benzene rings is 2. The second-order valence-corrected chi connectivity index (χ2v) is 9.10. The molecule has 0 saturated heterocycles. The molecule has 0 aliphatic carbocycles. The third-order valence-electron chi connectivity index (χ3n) is 5.49. The maximum atomic E-state index is 12.0. The van der Waals surface area contributed by atoms with Crippen LogP contribution in [0, 0.1) is 0 Å². The number of anilines is 2. The largest absolute Gasteiger partial charge is 0.495 e. The van der Waals surface area contributed by atoms with E-state index in [4.69, 9.17) is 32.7 Å². The summed E-state index contributed by atoms with van der Waals surface area (Å²) in [5, 5.41) is 12.2. The van der Waals surface area contributed by atoms with E-state index < -0.39 is 0 Å². The summed E-state index contributed by atoms with van der Waals surface area (Å²) in [5.41, 5.74) is 1.24. The van der Waals surface area contributed by atoms with Gasteiger partial charge in [0.15, 0.2) is 0 Å². The maximum absolute atomic E-state index is 12.0. The van der Waals surface area contributed by atoms with Crippen molar-refractivity contribution >= 4 is 46.6 Å². The third kappa shape index (κ3) is 11.3. The monoisotopic (exact) mass is 538 g/mol. The van der Waals surface area contributed by atoms with Crippen molar-refractivity contribution in [2.45, 2.75) is 51.4 Å². The Bertz CT molecular complexity index is 897. The molecule has 8 nitrogen and oxygen atoms in total. The van der Waals surface area contributed by atoms with Crippen LogP contribution in [0.25, 0.3) is 0 Å². The zero-order valence-corrected chi connectivity index (χ0v) is 22.4. The normalized spacial score (nSPS) is 10.4. The topological polar surface area (TPSA) is 101 Å². The van der Waals surface area contributed by atoms with E-state index >= 15 is 0 Å². The zero-order chi connectivity index (χ0) is 26.2. The van der Waals surface area contributed by atoms with E-state index in [2.05, 4.69) is 21.3 Å². The molecule has 4 amide bonds. The molecule has 0 aliphatic heterocycles. The first-order chi connectivity index (χ1) is 17.4. The molecule has 36 heavy (non-hydrogen) atoms. The number of carbonyl (C=O) groups excluding carboxylic acids is 2. The third-order valence-corrected chi connectivity index (χ3v) is 6.08. The molecule has 0 spiro atoms. The smallest absolute Gasteiger partial charge is 0.319 e. The van der Waals surface area contributed by atoms with Crippen LogP contribution in [0.5, 0.6) is 11.5 Å². The molecule has 0 fully saturated rings. The summed E-state index contributed by atoms with van der Waals surface area (Å²) in [6.45, 7) is 1.26. The van der Waals surface area contributed by atoms with Gasteiger partial charge in [-0.05, 0) is 49.2 Å². The van der Waals surface area contributed by atoms with Crippen LogP contribution in [0.2, 0.25) is 10.0 Å². The van der Waals surface area contributed by atoms with Crippen LogP contribution in [0.1, 0.15) is 51.4 Å². The van der Waals surface area contributed by atoms with Crippen LogP contribution < -0.4 is 30.7 Å². The average Bonchev–Trinajstić information content (AvgIpc) is 2.85. The molecular formula is C26H36Cl2N4O4. The van der Waals surface area contributed by atoms with Crippen LogP contribution in [0.4, 0.5) is 21.0 Å². The van der Waals surface area contributed by atoms with E-state index in [1.807, 2.05) is 0 Å². The minimum absolute atomic E-state index is 0.244. The Morgan fingerprint density at radius 1 is 0.639 bits per heavy atom. The molecule has 0 radical (unpaired) electrons. The SMILES string of the molecule is COc1ccc(NC(=O)NCCCCCCCCCCNC(=O)Nc2ccc(OC)c(Cl)c2)cc1Cl. The Balaban J connectivity index is 1.41. The van der Waals surface area contributed by atoms with Gasteiger partial charge in [0.2, 0.25) is 0 Å². The number of ether oxygens (including phenoxy) is 2. The fourth-order valence-electron chi connectivity index (χ4n) is 3.55. The number of amides is 4. The second-order valence-electron chi connectivity index (χ2n) is 8.29. The number of carbonyl (C=O) groups is 2. The minimum atomic E-state index is -0.244. The molecule has 0 bridgehead atoms. The first-order valence-corrected chi connectivity index (χ1v) is 13.0. The van der Waals surface area contributed by atoms with E-state index in [0.717, 1.165) is 38.5 Å². The Hall–Kier alpha value is -2.84. The maximum Gasteiger partial charge on any atom is 0.319 e. The van der Waals surface area contributed by atoms with Crippen molar-refractivity contribution in [2.75, 3.05) is 37.9 Å². The first-order valence-electron chi connectivity index (χ1n) is 12.2. The number of hydrogen-bond acceptors (Lipinski definition) is 4. The minimum Gasteiger partial charge on any atom is -0.495 e. The molecule has 10 heteroatoms. The van der Waals surface area contributed by atoms with Gasteiger partial charge in [-0.3, -0.25) is 0 Å². The van der Waals surface area contributed by atoms with Crippen molar-refractivity contribution in [1.29, 1.82) is 0 Å². The lowest BCUT2D eigenvalue weighted by Gasteiger charge is -2.10. The summed E-state index contributed by atoms with van der Waals surface area (Å²) in [6.07, 6.45) is 8.65. The van der Waals surface area contributed by atoms with Gasteiger partial charge < -0.3 is 30.7 Å². The molecular weight excluding hydrogens is 503 g/mol. The van der Waals surface area contributed by atoms with Crippen molar-refractivity contribution in [2.24, 2.45) is 0 Å². The molecule has 0 saturated carbocycles. The summed E-state index contributed by atoms with van der Waals surface area (Å²) in [7, 11) is 3.09. The molecule has 0 heterocycles. The number of unbranched alkanes of at least 4 members (excludes halogenated alkanes) is 7. The van der Waals surface area contributed by atoms with E-state index in [1.165, 1.54) is 12.8 Å². The Labute approximate surface area is 223 Å². The summed E-state index contributed by atoms with van der Waals surface area (Å²) >= 11 is 12.1. The van der Waals surface area contributed by atoms with Crippen LogP contribution >= 0.6 is 23.2 Å². The number of hydrogen-bond donors (Lipinski definition) is 4. The molecule has 0 aromatic heterocycles. The number of urea groups is 2. The van der Waals surface area contributed by atoms with Crippen LogP contribution in [0.15, 0.2) is 36.4 Å².